The normalized spacial score (nSPS) is 19.6. The molecule has 1 aliphatic heterocycles. The van der Waals surface area contributed by atoms with E-state index >= 15 is 0 Å². The number of carbonyl (C=O) groups excluding carboxylic acids is 1. The molecule has 1 atom stereocenters. The summed E-state index contributed by atoms with van der Waals surface area (Å²) in [6.07, 6.45) is 2.12. The molecule has 0 aliphatic carbocycles. The van der Waals surface area contributed by atoms with Crippen LogP contribution in [0.1, 0.15) is 23.2 Å². The first-order valence-electron chi connectivity index (χ1n) is 5.70. The lowest BCUT2D eigenvalue weighted by atomic mass is 10.1. The van der Waals surface area contributed by atoms with Crippen molar-refractivity contribution in [2.24, 2.45) is 11.5 Å². The predicted molar refractivity (Wildman–Crippen MR) is 69.4 cm³/mol. The maximum atomic E-state index is 11.5. The van der Waals surface area contributed by atoms with E-state index in [0.717, 1.165) is 25.1 Å². The fourth-order valence-electron chi connectivity index (χ4n) is 2.39. The van der Waals surface area contributed by atoms with E-state index in [1.54, 1.807) is 6.07 Å². The first-order chi connectivity index (χ1) is 8.15. The molecule has 1 amide bonds. The van der Waals surface area contributed by atoms with E-state index in [1.165, 1.54) is 0 Å². The minimum atomic E-state index is -0.492. The van der Waals surface area contributed by atoms with E-state index < -0.39 is 5.91 Å². The molecule has 92 valence electrons. The SMILES string of the molecule is NCC1CCCN1c1cccc(Cl)c1C(N)=O. The monoisotopic (exact) mass is 253 g/mol. The van der Waals surface area contributed by atoms with Gasteiger partial charge in [-0.05, 0) is 25.0 Å². The average Bonchev–Trinajstić information content (AvgIpc) is 2.75. The van der Waals surface area contributed by atoms with Crippen LogP contribution in [-0.2, 0) is 0 Å². The summed E-state index contributed by atoms with van der Waals surface area (Å²) in [5, 5.41) is 0.401. The summed E-state index contributed by atoms with van der Waals surface area (Å²) in [5.74, 6) is -0.492. The lowest BCUT2D eigenvalue weighted by Crippen LogP contribution is -2.36. The Balaban J connectivity index is 2.44. The summed E-state index contributed by atoms with van der Waals surface area (Å²) in [6, 6.07) is 5.65. The minimum Gasteiger partial charge on any atom is -0.367 e. The van der Waals surface area contributed by atoms with E-state index in [4.69, 9.17) is 23.1 Å². The van der Waals surface area contributed by atoms with Crippen molar-refractivity contribution in [1.82, 2.24) is 0 Å². The van der Waals surface area contributed by atoms with Gasteiger partial charge in [0.05, 0.1) is 16.3 Å². The number of nitrogens with two attached hydrogens (primary N) is 2. The molecule has 0 bridgehead atoms. The predicted octanol–water partition coefficient (Wildman–Crippen LogP) is 1.37. The molecule has 1 saturated heterocycles. The van der Waals surface area contributed by atoms with Gasteiger partial charge in [-0.1, -0.05) is 17.7 Å². The van der Waals surface area contributed by atoms with E-state index in [0.29, 0.717) is 17.1 Å². The van der Waals surface area contributed by atoms with Crippen LogP contribution in [0.25, 0.3) is 0 Å². The second-order valence-electron chi connectivity index (χ2n) is 4.22. The van der Waals surface area contributed by atoms with Gasteiger partial charge >= 0.3 is 0 Å². The average molecular weight is 254 g/mol. The second-order valence-corrected chi connectivity index (χ2v) is 4.63. The molecule has 4 N–H and O–H groups in total. The molecule has 4 nitrogen and oxygen atoms in total. The highest BCUT2D eigenvalue weighted by molar-refractivity contribution is 6.34. The number of nitrogens with zero attached hydrogens (tertiary/aromatic N) is 1. The summed E-state index contributed by atoms with van der Waals surface area (Å²) in [7, 11) is 0. The Hall–Kier alpha value is -1.26. The minimum absolute atomic E-state index is 0.270. The molecule has 1 fully saturated rings. The van der Waals surface area contributed by atoms with Crippen molar-refractivity contribution in [2.45, 2.75) is 18.9 Å². The van der Waals surface area contributed by atoms with E-state index in [1.807, 2.05) is 12.1 Å². The van der Waals surface area contributed by atoms with Crippen LogP contribution in [0.5, 0.6) is 0 Å². The standard InChI is InChI=1S/C12H16ClN3O/c13-9-4-1-5-10(11(9)12(15)17)16-6-2-3-8(16)7-14/h1,4-5,8H,2-3,6-7,14H2,(H2,15,17). The molecule has 0 radical (unpaired) electrons. The van der Waals surface area contributed by atoms with Crippen LogP contribution >= 0.6 is 11.6 Å². The van der Waals surface area contributed by atoms with Gasteiger partial charge < -0.3 is 16.4 Å². The van der Waals surface area contributed by atoms with Crippen LogP contribution in [0.4, 0.5) is 5.69 Å². The number of rotatable bonds is 3. The van der Waals surface area contributed by atoms with E-state index in [2.05, 4.69) is 4.90 Å². The third kappa shape index (κ3) is 2.23. The highest BCUT2D eigenvalue weighted by Crippen LogP contribution is 2.32. The molecule has 0 saturated carbocycles. The number of primary amides is 1. The molecule has 1 unspecified atom stereocenters. The van der Waals surface area contributed by atoms with Crippen LogP contribution in [0.2, 0.25) is 5.02 Å². The quantitative estimate of drug-likeness (QED) is 0.855. The third-order valence-corrected chi connectivity index (χ3v) is 3.51. The zero-order valence-electron chi connectivity index (χ0n) is 9.53. The topological polar surface area (TPSA) is 72.3 Å². The lowest BCUT2D eigenvalue weighted by Gasteiger charge is -2.27. The molecule has 0 spiro atoms. The van der Waals surface area contributed by atoms with Gasteiger partial charge in [0.1, 0.15) is 0 Å². The van der Waals surface area contributed by atoms with Crippen molar-refractivity contribution >= 4 is 23.2 Å². The Morgan fingerprint density at radius 1 is 1.53 bits per heavy atom. The van der Waals surface area contributed by atoms with Crippen LogP contribution in [-0.4, -0.2) is 25.0 Å². The molecule has 1 aromatic carbocycles. The van der Waals surface area contributed by atoms with Gasteiger partial charge in [0.25, 0.3) is 5.91 Å². The molecule has 17 heavy (non-hydrogen) atoms. The van der Waals surface area contributed by atoms with Crippen LogP contribution in [0.3, 0.4) is 0 Å². The maximum Gasteiger partial charge on any atom is 0.252 e. The highest BCUT2D eigenvalue weighted by Gasteiger charge is 2.27. The van der Waals surface area contributed by atoms with Crippen LogP contribution < -0.4 is 16.4 Å². The van der Waals surface area contributed by atoms with Crippen molar-refractivity contribution in [3.63, 3.8) is 0 Å². The molecule has 1 aromatic rings. The summed E-state index contributed by atoms with van der Waals surface area (Å²) in [4.78, 5) is 13.6. The molecular weight excluding hydrogens is 238 g/mol. The van der Waals surface area contributed by atoms with Crippen molar-refractivity contribution in [1.29, 1.82) is 0 Å². The zero-order valence-corrected chi connectivity index (χ0v) is 10.3. The van der Waals surface area contributed by atoms with E-state index in [9.17, 15) is 4.79 Å². The van der Waals surface area contributed by atoms with Gasteiger partial charge in [0, 0.05) is 19.1 Å². The van der Waals surface area contributed by atoms with Crippen molar-refractivity contribution < 1.29 is 4.79 Å². The third-order valence-electron chi connectivity index (χ3n) is 3.20. The van der Waals surface area contributed by atoms with Gasteiger partial charge in [0.15, 0.2) is 0 Å². The first-order valence-corrected chi connectivity index (χ1v) is 6.08. The second kappa shape index (κ2) is 4.94. The Morgan fingerprint density at radius 2 is 2.29 bits per heavy atom. The Kier molecular flexibility index (Phi) is 3.54. The van der Waals surface area contributed by atoms with E-state index in [-0.39, 0.29) is 6.04 Å². The maximum absolute atomic E-state index is 11.5. The summed E-state index contributed by atoms with van der Waals surface area (Å²) < 4.78 is 0. The first kappa shape index (κ1) is 12.2. The Bertz CT molecular complexity index is 436. The van der Waals surface area contributed by atoms with Gasteiger partial charge in [-0.15, -0.1) is 0 Å². The number of benzene rings is 1. The van der Waals surface area contributed by atoms with Crippen molar-refractivity contribution in [3.05, 3.63) is 28.8 Å². The fraction of sp³-hybridized carbons (Fsp3) is 0.417. The zero-order chi connectivity index (χ0) is 12.4. The number of amides is 1. The molecule has 0 aromatic heterocycles. The molecular formula is C12H16ClN3O. The smallest absolute Gasteiger partial charge is 0.252 e. The summed E-state index contributed by atoms with van der Waals surface area (Å²) in [6.45, 7) is 1.47. The molecule has 1 aliphatic rings. The number of halogens is 1. The van der Waals surface area contributed by atoms with Gasteiger partial charge in [-0.25, -0.2) is 0 Å². The molecule has 1 heterocycles. The van der Waals surface area contributed by atoms with Crippen LogP contribution in [0, 0.1) is 0 Å². The van der Waals surface area contributed by atoms with Crippen LogP contribution in [0.15, 0.2) is 18.2 Å². The Morgan fingerprint density at radius 3 is 2.94 bits per heavy atom. The van der Waals surface area contributed by atoms with Gasteiger partial charge in [-0.3, -0.25) is 4.79 Å². The number of carbonyl (C=O) groups is 1. The lowest BCUT2D eigenvalue weighted by molar-refractivity contribution is 0.100. The summed E-state index contributed by atoms with van der Waals surface area (Å²) >= 11 is 6.03. The number of hydrogen-bond donors (Lipinski definition) is 2. The largest absolute Gasteiger partial charge is 0.367 e. The number of hydrogen-bond acceptors (Lipinski definition) is 3. The Labute approximate surface area is 106 Å². The fourth-order valence-corrected chi connectivity index (χ4v) is 2.66. The van der Waals surface area contributed by atoms with Crippen molar-refractivity contribution in [3.8, 4) is 0 Å². The highest BCUT2D eigenvalue weighted by atomic mass is 35.5. The van der Waals surface area contributed by atoms with Gasteiger partial charge in [0.2, 0.25) is 0 Å². The number of anilines is 1. The van der Waals surface area contributed by atoms with Crippen molar-refractivity contribution in [2.75, 3.05) is 18.0 Å². The molecule has 5 heteroatoms. The van der Waals surface area contributed by atoms with Gasteiger partial charge in [-0.2, -0.15) is 0 Å². The molecule has 2 rings (SSSR count). The summed E-state index contributed by atoms with van der Waals surface area (Å²) in [5.41, 5.74) is 12.3.